The molecule has 2 N–H and O–H groups in total. The number of ether oxygens (including phenoxy) is 2. The number of nitrogens with one attached hydrogen (secondary N) is 2. The van der Waals surface area contributed by atoms with Crippen LogP contribution in [0.5, 0.6) is 11.5 Å². The van der Waals surface area contributed by atoms with Gasteiger partial charge in [-0.2, -0.15) is 0 Å². The van der Waals surface area contributed by atoms with Crippen molar-refractivity contribution in [1.82, 2.24) is 15.5 Å². The number of anilines is 1. The molecular weight excluding hydrogens is 464 g/mol. The first-order valence-electron chi connectivity index (χ1n) is 10.8. The molecule has 0 radical (unpaired) electrons. The third kappa shape index (κ3) is 6.42. The molecule has 1 aromatic heterocycles. The lowest BCUT2D eigenvalue weighted by Gasteiger charge is -2.09. The van der Waals surface area contributed by atoms with Gasteiger partial charge in [-0.25, -0.2) is 0 Å². The van der Waals surface area contributed by atoms with E-state index in [0.29, 0.717) is 22.8 Å². The summed E-state index contributed by atoms with van der Waals surface area (Å²) >= 11 is 1.16. The third-order valence-corrected chi connectivity index (χ3v) is 5.97. The summed E-state index contributed by atoms with van der Waals surface area (Å²) in [5.74, 6) is 0.826. The average Bonchev–Trinajstić information content (AvgIpc) is 3.36. The van der Waals surface area contributed by atoms with Crippen LogP contribution in [-0.4, -0.2) is 29.1 Å². The minimum Gasteiger partial charge on any atom is -0.497 e. The van der Waals surface area contributed by atoms with E-state index in [1.807, 2.05) is 55.5 Å². The fourth-order valence-electron chi connectivity index (χ4n) is 3.25. The molecule has 4 aromatic rings. The monoisotopic (exact) mass is 488 g/mol. The molecule has 0 fully saturated rings. The Morgan fingerprint density at radius 2 is 1.77 bits per heavy atom. The molecule has 35 heavy (non-hydrogen) atoms. The first-order valence-corrected chi connectivity index (χ1v) is 11.7. The molecule has 3 aromatic carbocycles. The smallest absolute Gasteiger partial charge is 0.286 e. The molecular formula is C26H24N4O4S. The SMILES string of the molecule is COc1cccc(CNC(=O)c2cccc(NC(=O)c3nnc(COc4ccccc4C)s3)c2)c1. The predicted molar refractivity (Wildman–Crippen MR) is 134 cm³/mol. The summed E-state index contributed by atoms with van der Waals surface area (Å²) in [6.07, 6.45) is 0. The number of rotatable bonds is 9. The zero-order valence-corrected chi connectivity index (χ0v) is 20.1. The van der Waals surface area contributed by atoms with Gasteiger partial charge >= 0.3 is 0 Å². The Bertz CT molecular complexity index is 1340. The van der Waals surface area contributed by atoms with Gasteiger partial charge < -0.3 is 20.1 Å². The highest BCUT2D eigenvalue weighted by molar-refractivity contribution is 7.13. The second-order valence-electron chi connectivity index (χ2n) is 7.62. The molecule has 8 nitrogen and oxygen atoms in total. The molecule has 2 amide bonds. The maximum Gasteiger partial charge on any atom is 0.286 e. The van der Waals surface area contributed by atoms with Crippen molar-refractivity contribution >= 4 is 28.8 Å². The number of methoxy groups -OCH3 is 1. The average molecular weight is 489 g/mol. The third-order valence-electron chi connectivity index (χ3n) is 5.08. The molecule has 0 aliphatic heterocycles. The van der Waals surface area contributed by atoms with E-state index in [2.05, 4.69) is 20.8 Å². The van der Waals surface area contributed by atoms with Crippen LogP contribution in [0.2, 0.25) is 0 Å². The van der Waals surface area contributed by atoms with Gasteiger partial charge in [-0.15, -0.1) is 10.2 Å². The summed E-state index contributed by atoms with van der Waals surface area (Å²) in [6.45, 7) is 2.53. The maximum absolute atomic E-state index is 12.7. The van der Waals surface area contributed by atoms with E-state index in [4.69, 9.17) is 9.47 Å². The summed E-state index contributed by atoms with van der Waals surface area (Å²) in [5.41, 5.74) is 2.84. The molecule has 0 atom stereocenters. The van der Waals surface area contributed by atoms with Crippen molar-refractivity contribution in [2.45, 2.75) is 20.1 Å². The van der Waals surface area contributed by atoms with Crippen LogP contribution in [0.15, 0.2) is 72.8 Å². The van der Waals surface area contributed by atoms with Gasteiger partial charge in [-0.05, 0) is 54.4 Å². The molecule has 0 aliphatic carbocycles. The number of carbonyl (C=O) groups excluding carboxylic acids is 2. The number of hydrogen-bond acceptors (Lipinski definition) is 7. The largest absolute Gasteiger partial charge is 0.497 e. The first-order chi connectivity index (χ1) is 17.0. The molecule has 178 valence electrons. The minimum atomic E-state index is -0.404. The molecule has 0 saturated carbocycles. The Morgan fingerprint density at radius 1 is 0.943 bits per heavy atom. The topological polar surface area (TPSA) is 102 Å². The Hall–Kier alpha value is -4.24. The van der Waals surface area contributed by atoms with E-state index >= 15 is 0 Å². The van der Waals surface area contributed by atoms with Crippen molar-refractivity contribution in [1.29, 1.82) is 0 Å². The van der Waals surface area contributed by atoms with E-state index in [-0.39, 0.29) is 17.5 Å². The van der Waals surface area contributed by atoms with Crippen molar-refractivity contribution in [2.75, 3.05) is 12.4 Å². The van der Waals surface area contributed by atoms with Crippen LogP contribution in [0.3, 0.4) is 0 Å². The number of carbonyl (C=O) groups is 2. The molecule has 9 heteroatoms. The molecule has 0 bridgehead atoms. The number of hydrogen-bond donors (Lipinski definition) is 2. The second kappa shape index (κ2) is 11.3. The van der Waals surface area contributed by atoms with Crippen LogP contribution in [0.4, 0.5) is 5.69 Å². The van der Waals surface area contributed by atoms with E-state index in [1.54, 1.807) is 31.4 Å². The Labute approximate surface area is 206 Å². The van der Waals surface area contributed by atoms with Gasteiger partial charge in [-0.3, -0.25) is 9.59 Å². The number of nitrogens with zero attached hydrogens (tertiary/aromatic N) is 2. The lowest BCUT2D eigenvalue weighted by atomic mass is 10.1. The van der Waals surface area contributed by atoms with Crippen molar-refractivity contribution in [3.8, 4) is 11.5 Å². The van der Waals surface area contributed by atoms with Crippen molar-refractivity contribution in [2.24, 2.45) is 0 Å². The number of para-hydroxylation sites is 1. The lowest BCUT2D eigenvalue weighted by molar-refractivity contribution is 0.0949. The normalized spacial score (nSPS) is 10.5. The van der Waals surface area contributed by atoms with E-state index in [0.717, 1.165) is 34.0 Å². The Morgan fingerprint density at radius 3 is 2.60 bits per heavy atom. The highest BCUT2D eigenvalue weighted by Gasteiger charge is 2.15. The Kier molecular flexibility index (Phi) is 7.69. The summed E-state index contributed by atoms with van der Waals surface area (Å²) < 4.78 is 11.0. The quantitative estimate of drug-likeness (QED) is 0.357. The van der Waals surface area contributed by atoms with E-state index < -0.39 is 5.91 Å². The highest BCUT2D eigenvalue weighted by Crippen LogP contribution is 2.20. The van der Waals surface area contributed by atoms with Crippen LogP contribution in [0.1, 0.15) is 36.3 Å². The van der Waals surface area contributed by atoms with Crippen molar-refractivity contribution in [3.63, 3.8) is 0 Å². The van der Waals surface area contributed by atoms with Crippen LogP contribution >= 0.6 is 11.3 Å². The molecule has 0 saturated heterocycles. The lowest BCUT2D eigenvalue weighted by Crippen LogP contribution is -2.23. The van der Waals surface area contributed by atoms with Crippen molar-refractivity contribution in [3.05, 3.63) is 99.5 Å². The summed E-state index contributed by atoms with van der Waals surface area (Å²) in [4.78, 5) is 25.3. The zero-order valence-electron chi connectivity index (χ0n) is 19.3. The number of aromatic nitrogens is 2. The van der Waals surface area contributed by atoms with Crippen LogP contribution in [0, 0.1) is 6.92 Å². The molecule has 1 heterocycles. The number of amides is 2. The van der Waals surface area contributed by atoms with Gasteiger partial charge in [0.25, 0.3) is 11.8 Å². The fraction of sp³-hybridized carbons (Fsp3) is 0.154. The predicted octanol–water partition coefficient (Wildman–Crippen LogP) is 4.62. The summed E-state index contributed by atoms with van der Waals surface area (Å²) in [6, 6.07) is 21.9. The number of benzene rings is 3. The van der Waals surface area contributed by atoms with Gasteiger partial charge in [0.1, 0.15) is 18.1 Å². The molecule has 4 rings (SSSR count). The van der Waals surface area contributed by atoms with E-state index in [9.17, 15) is 9.59 Å². The zero-order chi connectivity index (χ0) is 24.6. The second-order valence-corrected chi connectivity index (χ2v) is 8.69. The first kappa shape index (κ1) is 23.9. The van der Waals surface area contributed by atoms with Crippen LogP contribution < -0.4 is 20.1 Å². The van der Waals surface area contributed by atoms with Gasteiger partial charge in [0, 0.05) is 17.8 Å². The van der Waals surface area contributed by atoms with Crippen molar-refractivity contribution < 1.29 is 19.1 Å². The highest BCUT2D eigenvalue weighted by atomic mass is 32.1. The summed E-state index contributed by atoms with van der Waals surface area (Å²) in [5, 5.41) is 14.5. The molecule has 0 unspecified atom stereocenters. The Balaban J connectivity index is 1.33. The van der Waals surface area contributed by atoms with Gasteiger partial charge in [0.05, 0.1) is 7.11 Å². The summed E-state index contributed by atoms with van der Waals surface area (Å²) in [7, 11) is 1.60. The van der Waals surface area contributed by atoms with Crippen LogP contribution in [-0.2, 0) is 13.2 Å². The minimum absolute atomic E-state index is 0.210. The van der Waals surface area contributed by atoms with Gasteiger partial charge in [0.15, 0.2) is 5.01 Å². The van der Waals surface area contributed by atoms with E-state index in [1.165, 1.54) is 0 Å². The molecule has 0 spiro atoms. The molecule has 0 aliphatic rings. The van der Waals surface area contributed by atoms with Crippen LogP contribution in [0.25, 0.3) is 0 Å². The van der Waals surface area contributed by atoms with Gasteiger partial charge in [0.2, 0.25) is 5.01 Å². The standard InChI is InChI=1S/C26H24N4O4S/c1-17-7-3-4-12-22(17)34-16-23-29-30-26(35-23)25(32)28-20-10-6-9-19(14-20)24(31)27-15-18-8-5-11-21(13-18)33-2/h3-14H,15-16H2,1-2H3,(H,27,31)(H,28,32). The van der Waals surface area contributed by atoms with Gasteiger partial charge in [-0.1, -0.05) is 47.7 Å². The fourth-order valence-corrected chi connectivity index (χ4v) is 3.90. The maximum atomic E-state index is 12.7. The number of aryl methyl sites for hydroxylation is 1.